The Labute approximate surface area is 121 Å². The van der Waals surface area contributed by atoms with Gasteiger partial charge in [0.25, 0.3) is 0 Å². The van der Waals surface area contributed by atoms with E-state index in [0.29, 0.717) is 16.5 Å². The van der Waals surface area contributed by atoms with Crippen molar-refractivity contribution in [2.75, 3.05) is 6.61 Å². The highest BCUT2D eigenvalue weighted by Gasteiger charge is 2.14. The lowest BCUT2D eigenvalue weighted by molar-refractivity contribution is 0.264. The molecule has 2 rings (SSSR count). The van der Waals surface area contributed by atoms with E-state index in [9.17, 15) is 9.50 Å². The Kier molecular flexibility index (Phi) is 4.81. The molecule has 0 fully saturated rings. The molecule has 100 valence electrons. The molecule has 1 unspecified atom stereocenters. The molecule has 0 aliphatic carbocycles. The lowest BCUT2D eigenvalue weighted by Gasteiger charge is -2.16. The predicted molar refractivity (Wildman–Crippen MR) is 76.4 cm³/mol. The standard InChI is InChI=1S/C15H13Cl2FO/c16-13-4-5-15(17)11(7-13)6-12(9-19)10-2-1-3-14(18)8-10/h1-5,7-8,12,19H,6,9H2. The first-order valence-electron chi connectivity index (χ1n) is 5.90. The van der Waals surface area contributed by atoms with Crippen LogP contribution in [0.15, 0.2) is 42.5 Å². The van der Waals surface area contributed by atoms with Crippen LogP contribution in [0, 0.1) is 5.82 Å². The maximum atomic E-state index is 13.2. The fourth-order valence-corrected chi connectivity index (χ4v) is 2.40. The highest BCUT2D eigenvalue weighted by molar-refractivity contribution is 6.33. The van der Waals surface area contributed by atoms with Crippen molar-refractivity contribution in [1.29, 1.82) is 0 Å². The Bertz CT molecular complexity index is 572. The van der Waals surface area contributed by atoms with E-state index in [-0.39, 0.29) is 18.3 Å². The zero-order valence-corrected chi connectivity index (χ0v) is 11.6. The number of aliphatic hydroxyl groups is 1. The van der Waals surface area contributed by atoms with Gasteiger partial charge < -0.3 is 5.11 Å². The molecule has 2 aromatic rings. The fraction of sp³-hybridized carbons (Fsp3) is 0.200. The molecule has 0 radical (unpaired) electrons. The summed E-state index contributed by atoms with van der Waals surface area (Å²) in [4.78, 5) is 0. The van der Waals surface area contributed by atoms with Gasteiger partial charge in [-0.25, -0.2) is 4.39 Å². The van der Waals surface area contributed by atoms with Crippen molar-refractivity contribution in [1.82, 2.24) is 0 Å². The molecule has 19 heavy (non-hydrogen) atoms. The van der Waals surface area contributed by atoms with Crippen LogP contribution >= 0.6 is 23.2 Å². The third-order valence-electron chi connectivity index (χ3n) is 3.01. The molecular weight excluding hydrogens is 286 g/mol. The third kappa shape index (κ3) is 3.69. The van der Waals surface area contributed by atoms with Crippen molar-refractivity contribution in [3.63, 3.8) is 0 Å². The lowest BCUT2D eigenvalue weighted by Crippen LogP contribution is -2.08. The topological polar surface area (TPSA) is 20.2 Å². The van der Waals surface area contributed by atoms with Crippen LogP contribution in [0.1, 0.15) is 17.0 Å². The maximum absolute atomic E-state index is 13.2. The van der Waals surface area contributed by atoms with E-state index in [0.717, 1.165) is 11.1 Å². The SMILES string of the molecule is OCC(Cc1cc(Cl)ccc1Cl)c1cccc(F)c1. The van der Waals surface area contributed by atoms with Gasteiger partial charge in [0.15, 0.2) is 0 Å². The van der Waals surface area contributed by atoms with Gasteiger partial charge in [0.05, 0.1) is 6.61 Å². The van der Waals surface area contributed by atoms with Crippen molar-refractivity contribution in [3.05, 3.63) is 69.5 Å². The Balaban J connectivity index is 2.26. The van der Waals surface area contributed by atoms with Crippen molar-refractivity contribution in [2.24, 2.45) is 0 Å². The van der Waals surface area contributed by atoms with Gasteiger partial charge in [0.2, 0.25) is 0 Å². The molecule has 0 aliphatic rings. The summed E-state index contributed by atoms with van der Waals surface area (Å²) in [6.45, 7) is -0.0771. The van der Waals surface area contributed by atoms with Gasteiger partial charge in [-0.2, -0.15) is 0 Å². The second-order valence-corrected chi connectivity index (χ2v) is 5.22. The average molecular weight is 299 g/mol. The number of aliphatic hydroxyl groups excluding tert-OH is 1. The smallest absolute Gasteiger partial charge is 0.123 e. The minimum Gasteiger partial charge on any atom is -0.396 e. The van der Waals surface area contributed by atoms with Gasteiger partial charge in [0.1, 0.15) is 5.82 Å². The van der Waals surface area contributed by atoms with Crippen molar-refractivity contribution in [3.8, 4) is 0 Å². The lowest BCUT2D eigenvalue weighted by atomic mass is 9.92. The van der Waals surface area contributed by atoms with E-state index in [2.05, 4.69) is 0 Å². The summed E-state index contributed by atoms with van der Waals surface area (Å²) in [6.07, 6.45) is 0.513. The molecule has 0 amide bonds. The average Bonchev–Trinajstić information content (AvgIpc) is 2.39. The summed E-state index contributed by atoms with van der Waals surface area (Å²) in [5.74, 6) is -0.514. The summed E-state index contributed by atoms with van der Waals surface area (Å²) >= 11 is 12.0. The summed E-state index contributed by atoms with van der Waals surface area (Å²) in [5.41, 5.74) is 1.59. The van der Waals surface area contributed by atoms with E-state index in [4.69, 9.17) is 23.2 Å². The molecule has 4 heteroatoms. The number of rotatable bonds is 4. The zero-order chi connectivity index (χ0) is 13.8. The highest BCUT2D eigenvalue weighted by atomic mass is 35.5. The normalized spacial score (nSPS) is 12.4. The molecule has 0 saturated heterocycles. The molecule has 2 aromatic carbocycles. The van der Waals surface area contributed by atoms with Gasteiger partial charge in [0, 0.05) is 16.0 Å². The molecule has 1 atom stereocenters. The van der Waals surface area contributed by atoms with Crippen LogP contribution in [0.4, 0.5) is 4.39 Å². The van der Waals surface area contributed by atoms with Crippen LogP contribution in [0.25, 0.3) is 0 Å². The molecule has 0 heterocycles. The molecule has 1 N–H and O–H groups in total. The largest absolute Gasteiger partial charge is 0.396 e. The summed E-state index contributed by atoms with van der Waals surface area (Å²) in [6, 6.07) is 11.4. The summed E-state index contributed by atoms with van der Waals surface area (Å²) in [5, 5.41) is 10.7. The summed E-state index contributed by atoms with van der Waals surface area (Å²) in [7, 11) is 0. The van der Waals surface area contributed by atoms with Gasteiger partial charge >= 0.3 is 0 Å². The quantitative estimate of drug-likeness (QED) is 0.884. The highest BCUT2D eigenvalue weighted by Crippen LogP contribution is 2.27. The minimum atomic E-state index is -0.312. The third-order valence-corrected chi connectivity index (χ3v) is 3.62. The molecule has 0 saturated carbocycles. The second kappa shape index (κ2) is 6.38. The van der Waals surface area contributed by atoms with E-state index in [1.807, 2.05) is 0 Å². The summed E-state index contributed by atoms with van der Waals surface area (Å²) < 4.78 is 13.2. The first-order chi connectivity index (χ1) is 9.10. The van der Waals surface area contributed by atoms with E-state index in [1.54, 1.807) is 30.3 Å². The molecular formula is C15H13Cl2FO. The number of halogens is 3. The maximum Gasteiger partial charge on any atom is 0.123 e. The first-order valence-corrected chi connectivity index (χ1v) is 6.66. The van der Waals surface area contributed by atoms with Crippen LogP contribution in [-0.4, -0.2) is 11.7 Å². The number of hydrogen-bond donors (Lipinski definition) is 1. The molecule has 0 bridgehead atoms. The molecule has 0 aliphatic heterocycles. The van der Waals surface area contributed by atoms with Crippen LogP contribution in [0.2, 0.25) is 10.0 Å². The van der Waals surface area contributed by atoms with E-state index < -0.39 is 0 Å². The Morgan fingerprint density at radius 2 is 1.89 bits per heavy atom. The van der Waals surface area contributed by atoms with Crippen molar-refractivity contribution in [2.45, 2.75) is 12.3 Å². The Morgan fingerprint density at radius 1 is 1.11 bits per heavy atom. The predicted octanol–water partition coefficient (Wildman–Crippen LogP) is 4.45. The molecule has 0 aromatic heterocycles. The van der Waals surface area contributed by atoms with Crippen LogP contribution < -0.4 is 0 Å². The number of benzene rings is 2. The first kappa shape index (κ1) is 14.3. The molecule has 1 nitrogen and oxygen atoms in total. The zero-order valence-electron chi connectivity index (χ0n) is 10.1. The van der Waals surface area contributed by atoms with Crippen molar-refractivity contribution >= 4 is 23.2 Å². The Morgan fingerprint density at radius 3 is 2.58 bits per heavy atom. The van der Waals surface area contributed by atoms with Gasteiger partial charge in [-0.1, -0.05) is 35.3 Å². The Hall–Kier alpha value is -1.09. The number of hydrogen-bond acceptors (Lipinski definition) is 1. The van der Waals surface area contributed by atoms with Gasteiger partial charge in [-0.15, -0.1) is 0 Å². The van der Waals surface area contributed by atoms with Gasteiger partial charge in [-0.05, 0) is 47.9 Å². The van der Waals surface area contributed by atoms with E-state index in [1.165, 1.54) is 12.1 Å². The van der Waals surface area contributed by atoms with Crippen molar-refractivity contribution < 1.29 is 9.50 Å². The van der Waals surface area contributed by atoms with Crippen LogP contribution in [-0.2, 0) is 6.42 Å². The monoisotopic (exact) mass is 298 g/mol. The van der Waals surface area contributed by atoms with E-state index >= 15 is 0 Å². The minimum absolute atomic E-state index is 0.0771. The van der Waals surface area contributed by atoms with Crippen LogP contribution in [0.5, 0.6) is 0 Å². The fourth-order valence-electron chi connectivity index (χ4n) is 2.01. The second-order valence-electron chi connectivity index (χ2n) is 4.37. The molecule has 0 spiro atoms. The van der Waals surface area contributed by atoms with Crippen LogP contribution in [0.3, 0.4) is 0 Å². The van der Waals surface area contributed by atoms with Gasteiger partial charge in [-0.3, -0.25) is 0 Å².